The number of anilines is 2. The normalized spacial score (nSPS) is 12.8. The van der Waals surface area contributed by atoms with Crippen molar-refractivity contribution in [3.63, 3.8) is 0 Å². The van der Waals surface area contributed by atoms with Gasteiger partial charge in [0.2, 0.25) is 0 Å². The van der Waals surface area contributed by atoms with Crippen LogP contribution in [0.4, 0.5) is 11.5 Å². The van der Waals surface area contributed by atoms with Crippen LogP contribution in [0.2, 0.25) is 10.3 Å². The first-order valence-electron chi connectivity index (χ1n) is 27.8. The van der Waals surface area contributed by atoms with Gasteiger partial charge in [0, 0.05) is 17.2 Å². The molecule has 416 valence electrons. The predicted octanol–water partition coefficient (Wildman–Crippen LogP) is 17.1. The van der Waals surface area contributed by atoms with Crippen LogP contribution in [0.1, 0.15) is 238 Å². The summed E-state index contributed by atoms with van der Waals surface area (Å²) in [5, 5.41) is 26.3. The highest BCUT2D eigenvalue weighted by molar-refractivity contribution is 6.32. The molecule has 0 bridgehead atoms. The Balaban J connectivity index is 0.000000407. The van der Waals surface area contributed by atoms with Crippen LogP contribution in [0, 0.1) is 0 Å². The number of nitrogens with zero attached hydrogens (tertiary/aromatic N) is 2. The number of rotatable bonds is 29. The molecule has 75 heavy (non-hydrogen) atoms. The molecule has 0 aliphatic rings. The summed E-state index contributed by atoms with van der Waals surface area (Å²) in [6.07, 6.45) is 14.6. The lowest BCUT2D eigenvalue weighted by Gasteiger charge is -2.31. The average molecular weight is 1080 g/mol. The van der Waals surface area contributed by atoms with Crippen molar-refractivity contribution in [2.45, 2.75) is 240 Å². The minimum atomic E-state index is -0.813. The van der Waals surface area contributed by atoms with Gasteiger partial charge in [0.1, 0.15) is 22.4 Å². The largest absolute Gasteiger partial charge is 0.506 e. The van der Waals surface area contributed by atoms with Gasteiger partial charge in [-0.15, -0.1) is 0 Å². The van der Waals surface area contributed by atoms with Gasteiger partial charge < -0.3 is 30.3 Å². The lowest BCUT2D eigenvalue weighted by atomic mass is 9.76. The number of hydrogen-bond donors (Lipinski definition) is 4. The molecular formula is C62H92Cl2N4O7. The monoisotopic (exact) mass is 1070 g/mol. The van der Waals surface area contributed by atoms with E-state index in [1.165, 1.54) is 49.3 Å². The third-order valence-corrected chi connectivity index (χ3v) is 16.1. The summed E-state index contributed by atoms with van der Waals surface area (Å²) in [5.74, 6) is 0.248. The summed E-state index contributed by atoms with van der Waals surface area (Å²) in [4.78, 5) is 45.9. The fraction of sp³-hybridized carbons (Fsp3) is 0.597. The lowest BCUT2D eigenvalue weighted by Crippen LogP contribution is -2.34. The molecule has 2 atom stereocenters. The molecule has 2 aromatic carbocycles. The Morgan fingerprint density at radius 2 is 1.07 bits per heavy atom. The van der Waals surface area contributed by atoms with E-state index < -0.39 is 18.1 Å². The van der Waals surface area contributed by atoms with Crippen LogP contribution in [0.5, 0.6) is 23.0 Å². The second-order valence-corrected chi connectivity index (χ2v) is 23.3. The molecule has 4 N–H and O–H groups in total. The molecule has 13 heteroatoms. The minimum absolute atomic E-state index is 0.0226. The van der Waals surface area contributed by atoms with E-state index in [0.29, 0.717) is 42.7 Å². The molecular weight excluding hydrogens is 984 g/mol. The van der Waals surface area contributed by atoms with Crippen LogP contribution in [-0.2, 0) is 37.7 Å². The van der Waals surface area contributed by atoms with Crippen molar-refractivity contribution in [2.24, 2.45) is 0 Å². The van der Waals surface area contributed by atoms with E-state index in [1.54, 1.807) is 0 Å². The number of aldehydes is 1. The zero-order valence-corrected chi connectivity index (χ0v) is 49.8. The van der Waals surface area contributed by atoms with Crippen molar-refractivity contribution < 1.29 is 34.1 Å². The maximum atomic E-state index is 13.6. The van der Waals surface area contributed by atoms with Gasteiger partial charge in [-0.25, -0.2) is 9.97 Å². The molecule has 11 nitrogen and oxygen atoms in total. The van der Waals surface area contributed by atoms with Crippen LogP contribution in [0.15, 0.2) is 48.5 Å². The van der Waals surface area contributed by atoms with Crippen molar-refractivity contribution >= 4 is 52.8 Å². The number of ether oxygens (including phenoxy) is 2. The van der Waals surface area contributed by atoms with Gasteiger partial charge in [0.05, 0.1) is 16.9 Å². The highest BCUT2D eigenvalue weighted by Crippen LogP contribution is 2.41. The molecule has 4 rings (SSSR count). The van der Waals surface area contributed by atoms with Gasteiger partial charge in [-0.05, 0) is 109 Å². The van der Waals surface area contributed by atoms with Crippen molar-refractivity contribution in [3.8, 4) is 23.0 Å². The lowest BCUT2D eigenvalue weighted by molar-refractivity contribution is -0.123. The van der Waals surface area contributed by atoms with Crippen molar-refractivity contribution in [1.82, 2.24) is 9.97 Å². The number of benzene rings is 2. The summed E-state index contributed by atoms with van der Waals surface area (Å²) in [6.45, 7) is 32.6. The van der Waals surface area contributed by atoms with Crippen molar-refractivity contribution in [1.29, 1.82) is 0 Å². The second kappa shape index (κ2) is 29.6. The molecule has 4 aromatic rings. The van der Waals surface area contributed by atoms with Crippen LogP contribution >= 0.6 is 23.2 Å². The zero-order chi connectivity index (χ0) is 56.3. The third-order valence-electron chi connectivity index (χ3n) is 15.5. The van der Waals surface area contributed by atoms with Gasteiger partial charge in [-0.3, -0.25) is 14.4 Å². The van der Waals surface area contributed by atoms with E-state index >= 15 is 0 Å². The number of amides is 2. The second-order valence-electron chi connectivity index (χ2n) is 22.6. The van der Waals surface area contributed by atoms with E-state index in [2.05, 4.69) is 142 Å². The van der Waals surface area contributed by atoms with Crippen LogP contribution in [0.3, 0.4) is 0 Å². The van der Waals surface area contributed by atoms with Gasteiger partial charge >= 0.3 is 0 Å². The summed E-state index contributed by atoms with van der Waals surface area (Å²) in [6, 6.07) is 15.3. The Bertz CT molecular complexity index is 2490. The van der Waals surface area contributed by atoms with Crippen LogP contribution in [0.25, 0.3) is 0 Å². The SMILES string of the molecule is CCC(Oc1ccc(C(C)(C)CC)cc1C(C)(C)CC)C(=O)Nc1nc(Cl)c(C=O)cc1O.CCCCCCCCCc1nc(Cl)c(NC(=O)C(CCCC)Oc2ccc(C(C)(C)CC)cc2C(C)(C)CC)cc1O. The molecule has 2 amide bonds. The molecule has 2 unspecified atom stereocenters. The Hall–Kier alpha value is -4.87. The first-order valence-corrected chi connectivity index (χ1v) is 28.5. The quantitative estimate of drug-likeness (QED) is 0.0236. The highest BCUT2D eigenvalue weighted by Gasteiger charge is 2.32. The number of aromatic hydroxyl groups is 2. The summed E-state index contributed by atoms with van der Waals surface area (Å²) < 4.78 is 12.8. The number of carbonyl (C=O) groups excluding carboxylic acids is 3. The average Bonchev–Trinajstić information content (AvgIpc) is 3.38. The number of aryl methyl sites for hydroxylation is 1. The van der Waals surface area contributed by atoms with Gasteiger partial charge in [0.25, 0.3) is 11.8 Å². The smallest absolute Gasteiger partial charge is 0.266 e. The molecule has 2 heterocycles. The third kappa shape index (κ3) is 18.4. The minimum Gasteiger partial charge on any atom is -0.506 e. The van der Waals surface area contributed by atoms with Gasteiger partial charge in [0.15, 0.2) is 35.2 Å². The van der Waals surface area contributed by atoms with Gasteiger partial charge in [-0.2, -0.15) is 0 Å². The van der Waals surface area contributed by atoms with E-state index in [4.69, 9.17) is 32.7 Å². The number of unbranched alkanes of at least 4 members (excludes halogenated alkanes) is 7. The van der Waals surface area contributed by atoms with E-state index in [9.17, 15) is 24.6 Å². The maximum Gasteiger partial charge on any atom is 0.266 e. The number of pyridine rings is 2. The molecule has 0 saturated carbocycles. The highest BCUT2D eigenvalue weighted by atomic mass is 35.5. The van der Waals surface area contributed by atoms with Crippen LogP contribution < -0.4 is 20.1 Å². The molecule has 0 radical (unpaired) electrons. The predicted molar refractivity (Wildman–Crippen MR) is 311 cm³/mol. The fourth-order valence-electron chi connectivity index (χ4n) is 8.33. The Labute approximate surface area is 461 Å². The number of halogens is 2. The number of hydrogen-bond acceptors (Lipinski definition) is 9. The first kappa shape index (κ1) is 64.4. The Morgan fingerprint density at radius 1 is 0.587 bits per heavy atom. The standard InChI is InChI=1S/C36H57ClN2O3.C26H35ClN2O4/c1-9-13-15-16-17-18-19-20-28-30(40)25-29(33(37)38-28)39-34(41)32(21-14-10-2)42-31-23-22-26(35(5,6)11-3)24-27(31)36(7,8)12-4;1-8-20(24(32)29-23-19(31)13-16(15-30)22(27)28-23)33-21-12-11-17(25(4,5)9-2)14-18(21)26(6,7)10-3/h22-25,32,40H,9-21H2,1-8H3,(H,39,41);11-15,20,31H,8-10H2,1-7H3,(H,28,29,32). The Morgan fingerprint density at radius 3 is 1.55 bits per heavy atom. The summed E-state index contributed by atoms with van der Waals surface area (Å²) in [7, 11) is 0. The van der Waals surface area contributed by atoms with Crippen molar-refractivity contribution in [2.75, 3.05) is 10.6 Å². The topological polar surface area (TPSA) is 160 Å². The number of nitrogens with one attached hydrogen (secondary N) is 2. The van der Waals surface area contributed by atoms with E-state index in [-0.39, 0.29) is 60.8 Å². The first-order chi connectivity index (χ1) is 35.3. The number of aromatic nitrogens is 2. The molecule has 0 fully saturated rings. The van der Waals surface area contributed by atoms with E-state index in [0.717, 1.165) is 74.3 Å². The summed E-state index contributed by atoms with van der Waals surface area (Å²) >= 11 is 12.5. The van der Waals surface area contributed by atoms with Crippen LogP contribution in [-0.4, -0.2) is 50.5 Å². The zero-order valence-electron chi connectivity index (χ0n) is 48.3. The Kier molecular flexibility index (Phi) is 25.4. The van der Waals surface area contributed by atoms with E-state index in [1.807, 2.05) is 19.1 Å². The number of carbonyl (C=O) groups is 3. The molecule has 0 saturated heterocycles. The van der Waals surface area contributed by atoms with Gasteiger partial charge in [-0.1, -0.05) is 196 Å². The summed E-state index contributed by atoms with van der Waals surface area (Å²) in [5.41, 5.74) is 5.38. The molecule has 0 aliphatic carbocycles. The van der Waals surface area contributed by atoms with Crippen molar-refractivity contribution in [3.05, 3.63) is 92.3 Å². The maximum absolute atomic E-state index is 13.6. The molecule has 0 spiro atoms. The molecule has 2 aromatic heterocycles. The fourth-order valence-corrected chi connectivity index (χ4v) is 8.72. The molecule has 0 aliphatic heterocycles.